The highest BCUT2D eigenvalue weighted by atomic mass is 32.1. The molecule has 0 aliphatic heterocycles. The lowest BCUT2D eigenvalue weighted by atomic mass is 10.2. The Morgan fingerprint density at radius 3 is 2.03 bits per heavy atom. The summed E-state index contributed by atoms with van der Waals surface area (Å²) in [6.07, 6.45) is 0. The second kappa shape index (κ2) is 7.79. The van der Waals surface area contributed by atoms with Crippen molar-refractivity contribution < 1.29 is 9.35 Å². The molecule has 4 rings (SSSR count). The maximum atomic E-state index is 11.6. The number of nitrogen functional groups attached to an aromatic ring is 1. The van der Waals surface area contributed by atoms with Crippen molar-refractivity contribution >= 4 is 51.1 Å². The summed E-state index contributed by atoms with van der Waals surface area (Å²) in [5.41, 5.74) is 6.47. The number of nitro benzene ring substituents is 1. The third-order valence-electron chi connectivity index (χ3n) is 5.35. The van der Waals surface area contributed by atoms with Crippen molar-refractivity contribution in [2.45, 2.75) is 25.8 Å². The molecule has 3 aromatic carbocycles. The summed E-state index contributed by atoms with van der Waals surface area (Å²) in [6.45, 7) is 6.47. The molecule has 0 fully saturated rings. The van der Waals surface area contributed by atoms with Crippen LogP contribution in [-0.2, 0) is 0 Å². The largest absolute Gasteiger partial charge is 0.532 e. The Hall–Kier alpha value is -3.23. The molecule has 2 N–H and O–H groups in total. The maximum Gasteiger partial charge on any atom is 0.320 e. The van der Waals surface area contributed by atoms with E-state index in [-0.39, 0.29) is 10.7 Å². The molecular formula is C23H23N3O3SSi. The number of fused-ring (bicyclic) bond motifs is 1. The van der Waals surface area contributed by atoms with Crippen molar-refractivity contribution in [3.05, 3.63) is 82.9 Å². The zero-order valence-electron chi connectivity index (χ0n) is 17.5. The van der Waals surface area contributed by atoms with Crippen molar-refractivity contribution in [1.29, 1.82) is 0 Å². The molecule has 4 aromatic rings. The fourth-order valence-corrected chi connectivity index (χ4v) is 9.20. The van der Waals surface area contributed by atoms with Gasteiger partial charge in [-0.15, -0.1) is 0 Å². The molecule has 1 heterocycles. The van der Waals surface area contributed by atoms with Crippen LogP contribution in [0.25, 0.3) is 10.2 Å². The van der Waals surface area contributed by atoms with Gasteiger partial charge in [0.25, 0.3) is 5.69 Å². The summed E-state index contributed by atoms with van der Waals surface area (Å²) < 4.78 is 7.62. The zero-order valence-corrected chi connectivity index (χ0v) is 19.3. The van der Waals surface area contributed by atoms with Crippen molar-refractivity contribution in [2.75, 3.05) is 5.73 Å². The van der Waals surface area contributed by atoms with Crippen LogP contribution < -0.4 is 20.5 Å². The highest BCUT2D eigenvalue weighted by Gasteiger charge is 2.52. The molecule has 6 nitrogen and oxygen atoms in total. The molecule has 8 heteroatoms. The van der Waals surface area contributed by atoms with E-state index >= 15 is 0 Å². The van der Waals surface area contributed by atoms with E-state index in [2.05, 4.69) is 50.0 Å². The van der Waals surface area contributed by atoms with Crippen molar-refractivity contribution in [3.63, 3.8) is 0 Å². The lowest BCUT2D eigenvalue weighted by molar-refractivity contribution is -0.384. The second-order valence-corrected chi connectivity index (χ2v) is 13.6. The van der Waals surface area contributed by atoms with Gasteiger partial charge < -0.3 is 10.2 Å². The van der Waals surface area contributed by atoms with Crippen LogP contribution in [0.2, 0.25) is 5.04 Å². The Morgan fingerprint density at radius 1 is 1.00 bits per heavy atom. The first-order valence-corrected chi connectivity index (χ1v) is 12.6. The number of nitrogens with two attached hydrogens (primary N) is 1. The van der Waals surface area contributed by atoms with E-state index in [1.807, 2.05) is 36.4 Å². The molecule has 0 saturated carbocycles. The first kappa shape index (κ1) is 21.0. The fourth-order valence-electron chi connectivity index (χ4n) is 4.00. The minimum absolute atomic E-state index is 0.0379. The number of non-ortho nitro benzene ring substituents is 1. The number of nitro groups is 1. The molecule has 1 aromatic heterocycles. The minimum Gasteiger partial charge on any atom is -0.532 e. The summed E-state index contributed by atoms with van der Waals surface area (Å²) in [5, 5.41) is 13.8. The monoisotopic (exact) mass is 449 g/mol. The first-order chi connectivity index (χ1) is 14.7. The first-order valence-electron chi connectivity index (χ1n) is 9.87. The van der Waals surface area contributed by atoms with Crippen molar-refractivity contribution in [3.8, 4) is 5.75 Å². The average Bonchev–Trinajstić information content (AvgIpc) is 3.12. The van der Waals surface area contributed by atoms with Gasteiger partial charge in [-0.3, -0.25) is 10.1 Å². The number of hydrogen-bond donors (Lipinski definition) is 1. The highest BCUT2D eigenvalue weighted by molar-refractivity contribution is 7.22. The van der Waals surface area contributed by atoms with E-state index in [0.717, 1.165) is 10.4 Å². The van der Waals surface area contributed by atoms with Gasteiger partial charge in [0.2, 0.25) is 0 Å². The van der Waals surface area contributed by atoms with Crippen LogP contribution in [0.1, 0.15) is 20.8 Å². The van der Waals surface area contributed by atoms with Gasteiger partial charge in [-0.05, 0) is 15.4 Å². The molecule has 0 unspecified atom stereocenters. The maximum absolute atomic E-state index is 11.6. The lowest BCUT2D eigenvalue weighted by Gasteiger charge is -2.42. The number of hydrogen-bond acceptors (Lipinski definition) is 6. The van der Waals surface area contributed by atoms with Gasteiger partial charge in [0.05, 0.1) is 15.7 Å². The quantitative estimate of drug-likeness (QED) is 0.270. The zero-order chi connectivity index (χ0) is 22.2. The Bertz CT molecular complexity index is 1200. The third kappa shape index (κ3) is 3.68. The highest BCUT2D eigenvalue weighted by Crippen LogP contribution is 2.41. The molecule has 0 aliphatic carbocycles. The smallest absolute Gasteiger partial charge is 0.320 e. The average molecular weight is 450 g/mol. The molecule has 0 spiro atoms. The van der Waals surface area contributed by atoms with Gasteiger partial charge in [0.1, 0.15) is 11.3 Å². The number of anilines is 1. The Morgan fingerprint density at radius 2 is 1.55 bits per heavy atom. The SMILES string of the molecule is CC(C)(C)[Si](Oc1cc([N+](=O)[O-])cc2sc(N)nc12)(c1ccccc1)c1ccccc1. The molecule has 0 aliphatic rings. The van der Waals surface area contributed by atoms with Crippen LogP contribution in [0, 0.1) is 10.1 Å². The fraction of sp³-hybridized carbons (Fsp3) is 0.174. The van der Waals surface area contributed by atoms with Gasteiger partial charge >= 0.3 is 8.32 Å². The molecule has 158 valence electrons. The topological polar surface area (TPSA) is 91.3 Å². The van der Waals surface area contributed by atoms with Crippen molar-refractivity contribution in [2.24, 2.45) is 0 Å². The summed E-state index contributed by atoms with van der Waals surface area (Å²) in [5.74, 6) is 0.395. The predicted molar refractivity (Wildman–Crippen MR) is 129 cm³/mol. The molecular weight excluding hydrogens is 426 g/mol. The summed E-state index contributed by atoms with van der Waals surface area (Å²) in [7, 11) is -2.95. The molecule has 0 atom stereocenters. The van der Waals surface area contributed by atoms with E-state index in [9.17, 15) is 10.1 Å². The van der Waals surface area contributed by atoms with E-state index in [1.165, 1.54) is 23.5 Å². The minimum atomic E-state index is -2.95. The van der Waals surface area contributed by atoms with Gasteiger partial charge in [0, 0.05) is 6.07 Å². The van der Waals surface area contributed by atoms with Crippen LogP contribution >= 0.6 is 11.3 Å². The van der Waals surface area contributed by atoms with Crippen LogP contribution in [-0.4, -0.2) is 18.2 Å². The van der Waals surface area contributed by atoms with Gasteiger partial charge in [-0.25, -0.2) is 4.98 Å². The van der Waals surface area contributed by atoms with E-state index < -0.39 is 13.2 Å². The van der Waals surface area contributed by atoms with E-state index in [0.29, 0.717) is 21.1 Å². The number of benzene rings is 3. The molecule has 31 heavy (non-hydrogen) atoms. The van der Waals surface area contributed by atoms with Gasteiger partial charge in [0.15, 0.2) is 5.13 Å². The Balaban J connectivity index is 2.04. The van der Waals surface area contributed by atoms with Crippen LogP contribution in [0.15, 0.2) is 72.8 Å². The lowest BCUT2D eigenvalue weighted by Crippen LogP contribution is -2.68. The van der Waals surface area contributed by atoms with Crippen LogP contribution in [0.4, 0.5) is 10.8 Å². The standard InChI is InChI=1S/C23H23N3O3SSi/c1-23(2,3)31(17-10-6-4-7-11-17,18-12-8-5-9-13-18)29-19-14-16(26(27)28)15-20-21(19)25-22(24)30-20/h4-15H,1-3H3,(H2,24,25). The summed E-state index contributed by atoms with van der Waals surface area (Å²) in [4.78, 5) is 15.6. The third-order valence-corrected chi connectivity index (χ3v) is 11.1. The summed E-state index contributed by atoms with van der Waals surface area (Å²) >= 11 is 1.22. The number of rotatable bonds is 5. The Kier molecular flexibility index (Phi) is 5.28. The normalized spacial score (nSPS) is 12.1. The summed E-state index contributed by atoms with van der Waals surface area (Å²) in [6, 6.07) is 23.2. The van der Waals surface area contributed by atoms with Gasteiger partial charge in [-0.1, -0.05) is 92.8 Å². The number of nitrogens with zero attached hydrogens (tertiary/aromatic N) is 2. The molecule has 0 saturated heterocycles. The molecule has 0 radical (unpaired) electrons. The van der Waals surface area contributed by atoms with E-state index in [4.69, 9.17) is 10.2 Å². The van der Waals surface area contributed by atoms with Crippen molar-refractivity contribution in [1.82, 2.24) is 4.98 Å². The predicted octanol–water partition coefficient (Wildman–Crippen LogP) is 4.73. The second-order valence-electron chi connectivity index (χ2n) is 8.37. The van der Waals surface area contributed by atoms with E-state index in [1.54, 1.807) is 0 Å². The van der Waals surface area contributed by atoms with Crippen LogP contribution in [0.5, 0.6) is 5.75 Å². The van der Waals surface area contributed by atoms with Crippen LogP contribution in [0.3, 0.4) is 0 Å². The molecule has 0 amide bonds. The molecule has 0 bridgehead atoms. The number of thiazole rings is 1. The van der Waals surface area contributed by atoms with Gasteiger partial charge in [-0.2, -0.15) is 0 Å². The Labute approximate surface area is 185 Å². The number of aromatic nitrogens is 1.